The largest absolute Gasteiger partial charge is 0.444 e. The number of hydrogen-bond acceptors (Lipinski definition) is 5. The molecule has 0 aliphatic carbocycles. The van der Waals surface area contributed by atoms with Crippen LogP contribution in [0.1, 0.15) is 20.8 Å². The van der Waals surface area contributed by atoms with Gasteiger partial charge in [0.15, 0.2) is 0 Å². The third kappa shape index (κ3) is 6.90. The van der Waals surface area contributed by atoms with Gasteiger partial charge in [0.25, 0.3) is 0 Å². The fraction of sp³-hybridized carbons (Fsp3) is 0.444. The van der Waals surface area contributed by atoms with Gasteiger partial charge in [-0.05, 0) is 57.0 Å². The summed E-state index contributed by atoms with van der Waals surface area (Å²) >= 11 is 7.01. The van der Waals surface area contributed by atoms with Gasteiger partial charge in [-0.15, -0.1) is 0 Å². The van der Waals surface area contributed by atoms with Crippen LogP contribution < -0.4 is 5.32 Å². The Bertz CT molecular complexity index is 651. The van der Waals surface area contributed by atoms with E-state index < -0.39 is 5.60 Å². The summed E-state index contributed by atoms with van der Waals surface area (Å²) in [6.07, 6.45) is 1.00. The van der Waals surface area contributed by atoms with E-state index >= 15 is 0 Å². The molecule has 2 rings (SSSR count). The van der Waals surface area contributed by atoms with E-state index in [1.807, 2.05) is 45.0 Å². The Morgan fingerprint density at radius 1 is 1.15 bits per heavy atom. The molecule has 0 radical (unpaired) electrons. The molecule has 1 aromatic carbocycles. The predicted molar refractivity (Wildman–Crippen MR) is 105 cm³/mol. The van der Waals surface area contributed by atoms with E-state index in [1.54, 1.807) is 16.8 Å². The van der Waals surface area contributed by atoms with Gasteiger partial charge < -0.3 is 15.0 Å². The van der Waals surface area contributed by atoms with Crippen LogP contribution in [0.2, 0.25) is 0 Å². The molecule has 0 spiro atoms. The molecule has 1 aromatic rings. The Hall–Kier alpha value is -1.70. The molecule has 0 aromatic heterocycles. The first-order valence-electron chi connectivity index (χ1n) is 8.35. The molecule has 26 heavy (non-hydrogen) atoms. The van der Waals surface area contributed by atoms with Gasteiger partial charge in [0, 0.05) is 48.4 Å². The summed E-state index contributed by atoms with van der Waals surface area (Å²) in [5.41, 5.74) is 1.42. The minimum absolute atomic E-state index is 0.256. The molecular weight excluding hydrogens is 374 g/mol. The van der Waals surface area contributed by atoms with E-state index in [1.165, 1.54) is 11.6 Å². The lowest BCUT2D eigenvalue weighted by atomic mass is 10.2. The van der Waals surface area contributed by atoms with Gasteiger partial charge in [0.1, 0.15) is 5.60 Å². The molecule has 0 bridgehead atoms. The molecule has 1 heterocycles. The second kappa shape index (κ2) is 9.30. The highest BCUT2D eigenvalue weighted by Gasteiger charge is 2.26. The van der Waals surface area contributed by atoms with Crippen LogP contribution in [0.3, 0.4) is 0 Å². The topological polar surface area (TPSA) is 61.9 Å². The van der Waals surface area contributed by atoms with Gasteiger partial charge in [-0.1, -0.05) is 11.6 Å². The van der Waals surface area contributed by atoms with Gasteiger partial charge in [-0.25, -0.2) is 9.10 Å². The maximum absolute atomic E-state index is 12.1. The van der Waals surface area contributed by atoms with Gasteiger partial charge >= 0.3 is 6.09 Å². The zero-order valence-corrected chi connectivity index (χ0v) is 16.8. The molecule has 1 aliphatic heterocycles. The molecule has 1 fully saturated rings. The first kappa shape index (κ1) is 20.6. The Morgan fingerprint density at radius 3 is 2.31 bits per heavy atom. The quantitative estimate of drug-likeness (QED) is 0.616. The summed E-state index contributed by atoms with van der Waals surface area (Å²) in [4.78, 5) is 26.3. The second-order valence-electron chi connectivity index (χ2n) is 6.79. The minimum Gasteiger partial charge on any atom is -0.444 e. The maximum atomic E-state index is 12.1. The average Bonchev–Trinajstić information content (AvgIpc) is 2.56. The lowest BCUT2D eigenvalue weighted by Gasteiger charge is -2.34. The zero-order valence-electron chi connectivity index (χ0n) is 15.2. The maximum Gasteiger partial charge on any atom is 0.410 e. The van der Waals surface area contributed by atoms with Crippen molar-refractivity contribution in [3.05, 3.63) is 35.9 Å². The molecule has 1 saturated heterocycles. The number of rotatable bonds is 4. The first-order valence-corrected chi connectivity index (χ1v) is 9.56. The van der Waals surface area contributed by atoms with Crippen LogP contribution in [0.4, 0.5) is 10.5 Å². The lowest BCUT2D eigenvalue weighted by Crippen LogP contribution is -2.47. The second-order valence-corrected chi connectivity index (χ2v) is 8.22. The Morgan fingerprint density at radius 2 is 1.77 bits per heavy atom. The molecule has 0 saturated carbocycles. The van der Waals surface area contributed by atoms with Crippen molar-refractivity contribution in [2.24, 2.45) is 0 Å². The molecule has 142 valence electrons. The summed E-state index contributed by atoms with van der Waals surface area (Å²) in [7, 11) is 0. The molecule has 0 atom stereocenters. The predicted octanol–water partition coefficient (Wildman–Crippen LogP) is 3.94. The number of anilines is 1. The number of piperazine rings is 1. The van der Waals surface area contributed by atoms with Crippen molar-refractivity contribution in [3.63, 3.8) is 0 Å². The molecule has 1 N–H and O–H groups in total. The number of nitrogens with one attached hydrogen (secondary N) is 1. The molecular formula is C18H24ClN3O3S. The van der Waals surface area contributed by atoms with Crippen molar-refractivity contribution in [1.82, 2.24) is 9.21 Å². The highest BCUT2D eigenvalue weighted by Crippen LogP contribution is 2.25. The molecule has 6 nitrogen and oxygen atoms in total. The number of amides is 2. The summed E-state index contributed by atoms with van der Waals surface area (Å²) in [6, 6.07) is 7.59. The number of halogens is 1. The number of nitrogens with zero attached hydrogens (tertiary/aromatic N) is 2. The third-order valence-corrected chi connectivity index (χ3v) is 4.69. The highest BCUT2D eigenvalue weighted by molar-refractivity contribution is 7.97. The van der Waals surface area contributed by atoms with Gasteiger partial charge in [-0.3, -0.25) is 4.79 Å². The van der Waals surface area contributed by atoms with E-state index in [4.69, 9.17) is 16.3 Å². The minimum atomic E-state index is -0.473. The van der Waals surface area contributed by atoms with Crippen molar-refractivity contribution in [3.8, 4) is 0 Å². The summed E-state index contributed by atoms with van der Waals surface area (Å²) in [6.45, 7) is 8.42. The van der Waals surface area contributed by atoms with Gasteiger partial charge in [-0.2, -0.15) is 0 Å². The van der Waals surface area contributed by atoms with Crippen LogP contribution >= 0.6 is 23.5 Å². The lowest BCUT2D eigenvalue weighted by molar-refractivity contribution is -0.111. The molecule has 0 unspecified atom stereocenters. The van der Waals surface area contributed by atoms with Gasteiger partial charge in [0.05, 0.1) is 0 Å². The Kier molecular flexibility index (Phi) is 7.37. The highest BCUT2D eigenvalue weighted by atomic mass is 35.5. The van der Waals surface area contributed by atoms with E-state index in [9.17, 15) is 9.59 Å². The fourth-order valence-corrected chi connectivity index (χ4v) is 3.29. The van der Waals surface area contributed by atoms with Crippen LogP contribution in [0.25, 0.3) is 0 Å². The van der Waals surface area contributed by atoms with Crippen molar-refractivity contribution in [1.29, 1.82) is 0 Å². The van der Waals surface area contributed by atoms with Crippen molar-refractivity contribution >= 4 is 41.2 Å². The number of benzene rings is 1. The van der Waals surface area contributed by atoms with E-state index in [0.717, 1.165) is 18.0 Å². The third-order valence-electron chi connectivity index (χ3n) is 3.46. The summed E-state index contributed by atoms with van der Waals surface area (Å²) < 4.78 is 7.62. The van der Waals surface area contributed by atoms with Crippen molar-refractivity contribution in [2.45, 2.75) is 31.3 Å². The molecule has 2 amide bonds. The van der Waals surface area contributed by atoms with E-state index in [0.29, 0.717) is 18.8 Å². The normalized spacial score (nSPS) is 15.9. The van der Waals surface area contributed by atoms with Crippen LogP contribution in [0.5, 0.6) is 0 Å². The smallest absolute Gasteiger partial charge is 0.410 e. The Balaban J connectivity index is 1.80. The zero-order chi connectivity index (χ0) is 19.2. The summed E-state index contributed by atoms with van der Waals surface area (Å²) in [5.74, 6) is -0.265. The molecule has 8 heteroatoms. The van der Waals surface area contributed by atoms with Crippen LogP contribution in [0, 0.1) is 0 Å². The fourth-order valence-electron chi connectivity index (χ4n) is 2.28. The number of hydrogen-bond donors (Lipinski definition) is 1. The SMILES string of the molecule is CC(C)(C)OC(=O)N1CCN(Sc2ccc(NC(=O)/C=C\Cl)cc2)CC1. The van der Waals surface area contributed by atoms with Crippen molar-refractivity contribution in [2.75, 3.05) is 31.5 Å². The van der Waals surface area contributed by atoms with Crippen LogP contribution in [-0.2, 0) is 9.53 Å². The average molecular weight is 398 g/mol. The number of carbonyl (C=O) groups excluding carboxylic acids is 2. The first-order chi connectivity index (χ1) is 12.3. The number of ether oxygens (including phenoxy) is 1. The number of carbonyl (C=O) groups is 2. The van der Waals surface area contributed by atoms with E-state index in [-0.39, 0.29) is 12.0 Å². The van der Waals surface area contributed by atoms with Crippen LogP contribution in [0.15, 0.2) is 40.8 Å². The van der Waals surface area contributed by atoms with Gasteiger partial charge in [0.2, 0.25) is 5.91 Å². The summed E-state index contributed by atoms with van der Waals surface area (Å²) in [5, 5.41) is 2.72. The van der Waals surface area contributed by atoms with Crippen molar-refractivity contribution < 1.29 is 14.3 Å². The van der Waals surface area contributed by atoms with Crippen LogP contribution in [-0.4, -0.2) is 53.0 Å². The standard InChI is InChI=1S/C18H24ClN3O3S/c1-18(2,3)25-17(24)21-10-12-22(13-11-21)26-15-6-4-14(5-7-15)20-16(23)8-9-19/h4-9H,10-13H2,1-3H3,(H,20,23)/b9-8-. The van der Waals surface area contributed by atoms with E-state index in [2.05, 4.69) is 9.62 Å². The monoisotopic (exact) mass is 397 g/mol. The Labute approximate surface area is 163 Å². The molecule has 1 aliphatic rings.